The molecule has 0 fully saturated rings. The lowest BCUT2D eigenvalue weighted by Crippen LogP contribution is -2.29. The van der Waals surface area contributed by atoms with E-state index in [4.69, 9.17) is 15.9 Å². The first kappa shape index (κ1) is 12.4. The quantitative estimate of drug-likeness (QED) is 0.333. The Kier molecular flexibility index (Phi) is 7.63. The molecular weight excluding hydrogens is 166 g/mol. The Morgan fingerprint density at radius 2 is 2.15 bits per heavy atom. The number of hydrogen-bond donors (Lipinski definition) is 2. The molecule has 0 aliphatic rings. The summed E-state index contributed by atoms with van der Waals surface area (Å²) in [4.78, 5) is 2.28. The van der Waals surface area contributed by atoms with Crippen LogP contribution in [0.15, 0.2) is 0 Å². The summed E-state index contributed by atoms with van der Waals surface area (Å²) in [5.41, 5.74) is 5.28. The molecule has 0 aromatic rings. The number of amidine groups is 1. The predicted octanol–water partition coefficient (Wildman–Crippen LogP) is 0.671. The van der Waals surface area contributed by atoms with Gasteiger partial charge in [0.25, 0.3) is 0 Å². The minimum atomic E-state index is 0.269. The SMILES string of the molecule is CCN(CCCOC)CCC(=N)N. The molecule has 0 atom stereocenters. The van der Waals surface area contributed by atoms with Gasteiger partial charge in [-0.15, -0.1) is 0 Å². The van der Waals surface area contributed by atoms with Crippen molar-refractivity contribution < 1.29 is 4.74 Å². The lowest BCUT2D eigenvalue weighted by Gasteiger charge is -2.19. The highest BCUT2D eigenvalue weighted by Gasteiger charge is 2.01. The van der Waals surface area contributed by atoms with Crippen molar-refractivity contribution in [3.8, 4) is 0 Å². The highest BCUT2D eigenvalue weighted by Crippen LogP contribution is 1.93. The fourth-order valence-electron chi connectivity index (χ4n) is 1.14. The molecule has 0 aliphatic heterocycles. The molecule has 0 heterocycles. The minimum Gasteiger partial charge on any atom is -0.388 e. The van der Waals surface area contributed by atoms with E-state index in [0.29, 0.717) is 6.42 Å². The highest BCUT2D eigenvalue weighted by molar-refractivity contribution is 5.76. The Hall–Kier alpha value is -0.610. The van der Waals surface area contributed by atoms with Crippen LogP contribution in [-0.4, -0.2) is 44.1 Å². The number of hydrogen-bond acceptors (Lipinski definition) is 3. The van der Waals surface area contributed by atoms with Gasteiger partial charge in [0.2, 0.25) is 0 Å². The number of ether oxygens (including phenoxy) is 1. The lowest BCUT2D eigenvalue weighted by atomic mass is 10.3. The van der Waals surface area contributed by atoms with Gasteiger partial charge < -0.3 is 15.4 Å². The maximum absolute atomic E-state index is 7.10. The molecule has 0 aliphatic carbocycles. The maximum atomic E-state index is 7.10. The summed E-state index contributed by atoms with van der Waals surface area (Å²) in [5, 5.41) is 7.10. The van der Waals surface area contributed by atoms with E-state index >= 15 is 0 Å². The van der Waals surface area contributed by atoms with Crippen molar-refractivity contribution in [1.29, 1.82) is 5.41 Å². The van der Waals surface area contributed by atoms with E-state index in [2.05, 4.69) is 11.8 Å². The molecule has 0 saturated carbocycles. The molecule has 3 N–H and O–H groups in total. The number of nitrogens with one attached hydrogen (secondary N) is 1. The zero-order valence-corrected chi connectivity index (χ0v) is 8.68. The van der Waals surface area contributed by atoms with Crippen LogP contribution in [0.25, 0.3) is 0 Å². The van der Waals surface area contributed by atoms with Gasteiger partial charge in [-0.05, 0) is 13.0 Å². The van der Waals surface area contributed by atoms with Crippen LogP contribution in [-0.2, 0) is 4.74 Å². The van der Waals surface area contributed by atoms with Crippen LogP contribution in [0.4, 0.5) is 0 Å². The third kappa shape index (κ3) is 7.74. The lowest BCUT2D eigenvalue weighted by molar-refractivity contribution is 0.174. The smallest absolute Gasteiger partial charge is 0.0918 e. The molecule has 0 aromatic heterocycles. The van der Waals surface area contributed by atoms with Crippen LogP contribution in [0, 0.1) is 5.41 Å². The molecule has 4 heteroatoms. The zero-order valence-electron chi connectivity index (χ0n) is 8.68. The number of nitrogens with zero attached hydrogens (tertiary/aromatic N) is 1. The van der Waals surface area contributed by atoms with Crippen molar-refractivity contribution in [2.45, 2.75) is 19.8 Å². The highest BCUT2D eigenvalue weighted by atomic mass is 16.5. The first-order valence-corrected chi connectivity index (χ1v) is 4.74. The van der Waals surface area contributed by atoms with Crippen molar-refractivity contribution in [2.75, 3.05) is 33.4 Å². The van der Waals surface area contributed by atoms with E-state index in [1.807, 2.05) is 0 Å². The molecule has 0 bridgehead atoms. The van der Waals surface area contributed by atoms with Gasteiger partial charge in [-0.1, -0.05) is 6.92 Å². The first-order valence-electron chi connectivity index (χ1n) is 4.74. The molecule has 4 nitrogen and oxygen atoms in total. The standard InChI is InChI=1S/C9H21N3O/c1-3-12(6-4-8-13-2)7-5-9(10)11/h3-8H2,1-2H3,(H3,10,11). The summed E-state index contributed by atoms with van der Waals surface area (Å²) in [6, 6.07) is 0. The minimum absolute atomic E-state index is 0.269. The van der Waals surface area contributed by atoms with Gasteiger partial charge in [0.05, 0.1) is 5.84 Å². The Morgan fingerprint density at radius 1 is 1.46 bits per heavy atom. The number of methoxy groups -OCH3 is 1. The van der Waals surface area contributed by atoms with E-state index < -0.39 is 0 Å². The Balaban J connectivity index is 3.45. The van der Waals surface area contributed by atoms with Gasteiger partial charge in [0.1, 0.15) is 0 Å². The van der Waals surface area contributed by atoms with Crippen LogP contribution in [0.5, 0.6) is 0 Å². The molecular formula is C9H21N3O. The topological polar surface area (TPSA) is 62.3 Å². The monoisotopic (exact) mass is 187 g/mol. The largest absolute Gasteiger partial charge is 0.388 e. The van der Waals surface area contributed by atoms with Crippen LogP contribution < -0.4 is 5.73 Å². The second-order valence-corrected chi connectivity index (χ2v) is 3.06. The summed E-state index contributed by atoms with van der Waals surface area (Å²) < 4.78 is 4.97. The molecule has 0 rings (SSSR count). The van der Waals surface area contributed by atoms with Crippen molar-refractivity contribution in [1.82, 2.24) is 4.90 Å². The predicted molar refractivity (Wildman–Crippen MR) is 55.1 cm³/mol. The summed E-state index contributed by atoms with van der Waals surface area (Å²) in [7, 11) is 1.71. The molecule has 78 valence electrons. The van der Waals surface area contributed by atoms with Gasteiger partial charge in [0.15, 0.2) is 0 Å². The first-order chi connectivity index (χ1) is 6.20. The van der Waals surface area contributed by atoms with Crippen LogP contribution >= 0.6 is 0 Å². The number of nitrogens with two attached hydrogens (primary N) is 1. The normalized spacial score (nSPS) is 10.7. The van der Waals surface area contributed by atoms with E-state index in [1.165, 1.54) is 0 Å². The Labute approximate surface area is 80.6 Å². The van der Waals surface area contributed by atoms with Crippen LogP contribution in [0.1, 0.15) is 19.8 Å². The summed E-state index contributed by atoms with van der Waals surface area (Å²) in [6.07, 6.45) is 1.71. The molecule has 0 aromatic carbocycles. The fourth-order valence-corrected chi connectivity index (χ4v) is 1.14. The van der Waals surface area contributed by atoms with E-state index in [0.717, 1.165) is 32.7 Å². The van der Waals surface area contributed by atoms with E-state index in [9.17, 15) is 0 Å². The summed E-state index contributed by atoms with van der Waals surface area (Å²) >= 11 is 0. The van der Waals surface area contributed by atoms with Gasteiger partial charge in [-0.3, -0.25) is 5.41 Å². The average Bonchev–Trinajstić information content (AvgIpc) is 2.10. The molecule has 13 heavy (non-hydrogen) atoms. The third-order valence-corrected chi connectivity index (χ3v) is 1.97. The van der Waals surface area contributed by atoms with Crippen LogP contribution in [0.3, 0.4) is 0 Å². The van der Waals surface area contributed by atoms with E-state index in [-0.39, 0.29) is 5.84 Å². The molecule has 0 amide bonds. The Bertz CT molecular complexity index is 139. The maximum Gasteiger partial charge on any atom is 0.0918 e. The summed E-state index contributed by atoms with van der Waals surface area (Å²) in [6.45, 7) is 5.84. The van der Waals surface area contributed by atoms with E-state index in [1.54, 1.807) is 7.11 Å². The third-order valence-electron chi connectivity index (χ3n) is 1.97. The average molecular weight is 187 g/mol. The van der Waals surface area contributed by atoms with Crippen molar-refractivity contribution >= 4 is 5.84 Å². The van der Waals surface area contributed by atoms with Crippen molar-refractivity contribution in [3.63, 3.8) is 0 Å². The van der Waals surface area contributed by atoms with Gasteiger partial charge in [0, 0.05) is 33.2 Å². The van der Waals surface area contributed by atoms with Gasteiger partial charge in [-0.2, -0.15) is 0 Å². The van der Waals surface area contributed by atoms with Crippen molar-refractivity contribution in [3.05, 3.63) is 0 Å². The molecule has 0 spiro atoms. The second-order valence-electron chi connectivity index (χ2n) is 3.06. The zero-order chi connectivity index (χ0) is 10.1. The van der Waals surface area contributed by atoms with Gasteiger partial charge >= 0.3 is 0 Å². The van der Waals surface area contributed by atoms with Gasteiger partial charge in [-0.25, -0.2) is 0 Å². The van der Waals surface area contributed by atoms with Crippen LogP contribution in [0.2, 0.25) is 0 Å². The Morgan fingerprint density at radius 3 is 2.62 bits per heavy atom. The number of rotatable bonds is 8. The second kappa shape index (κ2) is 8.01. The molecule has 0 saturated heterocycles. The van der Waals surface area contributed by atoms with Crippen molar-refractivity contribution in [2.24, 2.45) is 5.73 Å². The summed E-state index contributed by atoms with van der Waals surface area (Å²) in [5.74, 6) is 0.269. The molecule has 0 unspecified atom stereocenters. The fraction of sp³-hybridized carbons (Fsp3) is 0.889. The molecule has 0 radical (unpaired) electrons.